The summed E-state index contributed by atoms with van der Waals surface area (Å²) in [6.45, 7) is 1.73. The lowest BCUT2D eigenvalue weighted by Crippen LogP contribution is -2.12. The van der Waals surface area contributed by atoms with Gasteiger partial charge >= 0.3 is 0 Å². The zero-order valence-electron chi connectivity index (χ0n) is 14.4. The number of hydrogen-bond donors (Lipinski definition) is 2. The number of halogens is 1. The maximum absolute atomic E-state index is 13.2. The largest absolute Gasteiger partial charge is 0.397 e. The Labute approximate surface area is 158 Å². The number of carbonyl (C=O) groups is 1. The first kappa shape index (κ1) is 17.1. The molecular formula is C20H15FN4OS. The van der Waals surface area contributed by atoms with E-state index in [1.54, 1.807) is 19.3 Å². The first-order valence-corrected chi connectivity index (χ1v) is 9.01. The Morgan fingerprint density at radius 2 is 1.93 bits per heavy atom. The summed E-state index contributed by atoms with van der Waals surface area (Å²) in [7, 11) is 0. The topological polar surface area (TPSA) is 80.9 Å². The van der Waals surface area contributed by atoms with Crippen LogP contribution in [0.2, 0.25) is 0 Å². The zero-order valence-corrected chi connectivity index (χ0v) is 15.2. The van der Waals surface area contributed by atoms with Crippen molar-refractivity contribution >= 4 is 38.8 Å². The van der Waals surface area contributed by atoms with Crippen LogP contribution in [0.4, 0.5) is 15.8 Å². The molecule has 0 spiro atoms. The maximum Gasteiger partial charge on any atom is 0.267 e. The standard InChI is InChI=1S/C20H15FN4OS/c1-11-10-13(21)2-4-15(11)24-19(26)18-17(22)14-3-5-16(25-20(14)27-18)12-6-8-23-9-7-12/h2-10H,22H2,1H3,(H,24,26). The van der Waals surface area contributed by atoms with Crippen LogP contribution in [0, 0.1) is 12.7 Å². The Balaban J connectivity index is 1.69. The predicted molar refractivity (Wildman–Crippen MR) is 106 cm³/mol. The lowest BCUT2D eigenvalue weighted by atomic mass is 10.1. The van der Waals surface area contributed by atoms with Gasteiger partial charge in [-0.25, -0.2) is 9.37 Å². The van der Waals surface area contributed by atoms with E-state index >= 15 is 0 Å². The highest BCUT2D eigenvalue weighted by molar-refractivity contribution is 7.21. The number of nitrogens with two attached hydrogens (primary N) is 1. The van der Waals surface area contributed by atoms with Gasteiger partial charge in [-0.2, -0.15) is 0 Å². The van der Waals surface area contributed by atoms with Crippen LogP contribution < -0.4 is 11.1 Å². The molecule has 0 aliphatic carbocycles. The fourth-order valence-electron chi connectivity index (χ4n) is 2.80. The maximum atomic E-state index is 13.2. The minimum atomic E-state index is -0.347. The van der Waals surface area contributed by atoms with Crippen molar-refractivity contribution in [2.24, 2.45) is 0 Å². The summed E-state index contributed by atoms with van der Waals surface area (Å²) in [5, 5.41) is 3.53. The number of amides is 1. The molecule has 0 atom stereocenters. The van der Waals surface area contributed by atoms with Gasteiger partial charge in [-0.05, 0) is 55.0 Å². The van der Waals surface area contributed by atoms with Gasteiger partial charge < -0.3 is 11.1 Å². The van der Waals surface area contributed by atoms with Gasteiger partial charge in [0.15, 0.2) is 0 Å². The van der Waals surface area contributed by atoms with E-state index in [9.17, 15) is 9.18 Å². The van der Waals surface area contributed by atoms with E-state index in [0.29, 0.717) is 26.6 Å². The highest BCUT2D eigenvalue weighted by Gasteiger charge is 2.18. The number of aromatic nitrogens is 2. The van der Waals surface area contributed by atoms with Crippen molar-refractivity contribution in [2.45, 2.75) is 6.92 Å². The molecule has 7 heteroatoms. The van der Waals surface area contributed by atoms with Crippen molar-refractivity contribution in [1.29, 1.82) is 0 Å². The van der Waals surface area contributed by atoms with Crippen LogP contribution in [0.3, 0.4) is 0 Å². The summed E-state index contributed by atoms with van der Waals surface area (Å²) in [4.78, 5) is 22.4. The normalized spacial score (nSPS) is 10.9. The molecule has 0 aliphatic rings. The Morgan fingerprint density at radius 1 is 1.15 bits per heavy atom. The molecule has 0 bridgehead atoms. The SMILES string of the molecule is Cc1cc(F)ccc1NC(=O)c1sc2nc(-c3ccncc3)ccc2c1N. The number of nitrogens with one attached hydrogen (secondary N) is 1. The number of carbonyl (C=O) groups excluding carboxylic acids is 1. The Morgan fingerprint density at radius 3 is 2.67 bits per heavy atom. The van der Waals surface area contributed by atoms with Gasteiger partial charge in [0.2, 0.25) is 0 Å². The summed E-state index contributed by atoms with van der Waals surface area (Å²) in [6, 6.07) is 11.7. The fraction of sp³-hybridized carbons (Fsp3) is 0.0500. The molecular weight excluding hydrogens is 363 g/mol. The van der Waals surface area contributed by atoms with Crippen molar-refractivity contribution in [3.63, 3.8) is 0 Å². The molecule has 0 radical (unpaired) electrons. The van der Waals surface area contributed by atoms with E-state index in [4.69, 9.17) is 5.73 Å². The van der Waals surface area contributed by atoms with Crippen LogP contribution >= 0.6 is 11.3 Å². The average molecular weight is 378 g/mol. The zero-order chi connectivity index (χ0) is 19.0. The number of pyridine rings is 2. The highest BCUT2D eigenvalue weighted by Crippen LogP contribution is 2.34. The van der Waals surface area contributed by atoms with E-state index in [1.165, 1.54) is 29.5 Å². The number of hydrogen-bond acceptors (Lipinski definition) is 5. The molecule has 1 aromatic carbocycles. The molecule has 4 rings (SSSR count). The van der Waals surface area contributed by atoms with Gasteiger partial charge in [0.05, 0.1) is 11.4 Å². The summed E-state index contributed by atoms with van der Waals surface area (Å²) in [6.07, 6.45) is 3.40. The number of anilines is 2. The highest BCUT2D eigenvalue weighted by atomic mass is 32.1. The molecule has 3 heterocycles. The predicted octanol–water partition coefficient (Wildman–Crippen LogP) is 4.64. The second kappa shape index (κ2) is 6.77. The molecule has 0 saturated heterocycles. The number of nitrogen functional groups attached to an aromatic ring is 1. The summed E-state index contributed by atoms with van der Waals surface area (Å²) in [5.41, 5.74) is 9.48. The number of benzene rings is 1. The Hall–Kier alpha value is -3.32. The van der Waals surface area contributed by atoms with Gasteiger partial charge in [0.1, 0.15) is 15.5 Å². The molecule has 4 aromatic rings. The number of thiophene rings is 1. The van der Waals surface area contributed by atoms with Crippen LogP contribution in [0.25, 0.3) is 21.5 Å². The average Bonchev–Trinajstić information content (AvgIpc) is 3.01. The van der Waals surface area contributed by atoms with Gasteiger partial charge in [-0.15, -0.1) is 11.3 Å². The van der Waals surface area contributed by atoms with Crippen molar-refractivity contribution in [3.05, 3.63) is 71.1 Å². The summed E-state index contributed by atoms with van der Waals surface area (Å²) < 4.78 is 13.2. The number of fused-ring (bicyclic) bond motifs is 1. The molecule has 0 saturated carbocycles. The molecule has 1 amide bonds. The van der Waals surface area contributed by atoms with Gasteiger partial charge in [-0.3, -0.25) is 9.78 Å². The van der Waals surface area contributed by atoms with Crippen molar-refractivity contribution in [2.75, 3.05) is 11.1 Å². The number of nitrogens with zero attached hydrogens (tertiary/aromatic N) is 2. The van der Waals surface area contributed by atoms with Crippen LogP contribution in [0.15, 0.2) is 54.9 Å². The van der Waals surface area contributed by atoms with Gasteiger partial charge in [-0.1, -0.05) is 0 Å². The molecule has 0 fully saturated rings. The van der Waals surface area contributed by atoms with Gasteiger partial charge in [0, 0.05) is 29.0 Å². The Kier molecular flexibility index (Phi) is 4.29. The smallest absolute Gasteiger partial charge is 0.267 e. The summed E-state index contributed by atoms with van der Waals surface area (Å²) >= 11 is 1.23. The minimum absolute atomic E-state index is 0.337. The first-order chi connectivity index (χ1) is 13.0. The van der Waals surface area contributed by atoms with E-state index < -0.39 is 0 Å². The fourth-order valence-corrected chi connectivity index (χ4v) is 3.78. The lowest BCUT2D eigenvalue weighted by Gasteiger charge is -2.07. The van der Waals surface area contributed by atoms with E-state index in [1.807, 2.05) is 24.3 Å². The molecule has 134 valence electrons. The summed E-state index contributed by atoms with van der Waals surface area (Å²) in [5.74, 6) is -0.685. The third-order valence-electron chi connectivity index (χ3n) is 4.21. The second-order valence-electron chi connectivity index (χ2n) is 6.04. The molecule has 3 aromatic heterocycles. The first-order valence-electron chi connectivity index (χ1n) is 8.20. The molecule has 3 N–H and O–H groups in total. The minimum Gasteiger partial charge on any atom is -0.397 e. The monoisotopic (exact) mass is 378 g/mol. The molecule has 0 aliphatic heterocycles. The van der Waals surface area contributed by atoms with Crippen molar-refractivity contribution < 1.29 is 9.18 Å². The van der Waals surface area contributed by atoms with Crippen LogP contribution in [-0.2, 0) is 0 Å². The van der Waals surface area contributed by atoms with E-state index in [-0.39, 0.29) is 11.7 Å². The van der Waals surface area contributed by atoms with Crippen LogP contribution in [-0.4, -0.2) is 15.9 Å². The third kappa shape index (κ3) is 3.24. The lowest BCUT2D eigenvalue weighted by molar-refractivity contribution is 0.103. The second-order valence-corrected chi connectivity index (χ2v) is 7.04. The quantitative estimate of drug-likeness (QED) is 0.544. The molecule has 27 heavy (non-hydrogen) atoms. The molecule has 0 unspecified atom stereocenters. The van der Waals surface area contributed by atoms with Crippen LogP contribution in [0.5, 0.6) is 0 Å². The van der Waals surface area contributed by atoms with Crippen molar-refractivity contribution in [3.8, 4) is 11.3 Å². The van der Waals surface area contributed by atoms with Crippen molar-refractivity contribution in [1.82, 2.24) is 9.97 Å². The Bertz CT molecular complexity index is 1160. The van der Waals surface area contributed by atoms with E-state index in [2.05, 4.69) is 15.3 Å². The van der Waals surface area contributed by atoms with E-state index in [0.717, 1.165) is 16.6 Å². The number of aryl methyl sites for hydroxylation is 1. The number of rotatable bonds is 3. The molecule has 5 nitrogen and oxygen atoms in total. The third-order valence-corrected chi connectivity index (χ3v) is 5.33. The van der Waals surface area contributed by atoms with Crippen LogP contribution in [0.1, 0.15) is 15.2 Å². The van der Waals surface area contributed by atoms with Gasteiger partial charge in [0.25, 0.3) is 5.91 Å².